The highest BCUT2D eigenvalue weighted by atomic mass is 16.3. The molecule has 4 saturated carbocycles. The molecular weight excluding hydrogens is 408 g/mol. The average Bonchev–Trinajstić information content (AvgIpc) is 3.30. The lowest BCUT2D eigenvalue weighted by molar-refractivity contribution is -0.133. The third-order valence-corrected chi connectivity index (χ3v) is 10.8. The molecule has 33 heavy (non-hydrogen) atoms. The molecule has 8 unspecified atom stereocenters. The fraction of sp³-hybridized carbons (Fsp3) is 0.724. The van der Waals surface area contributed by atoms with Gasteiger partial charge in [-0.05, 0) is 113 Å². The number of rotatable bonds is 3. The molecule has 1 aromatic heterocycles. The van der Waals surface area contributed by atoms with E-state index < -0.39 is 5.60 Å². The maximum Gasteiger partial charge on any atom is 0.157 e. The Kier molecular flexibility index (Phi) is 5.07. The van der Waals surface area contributed by atoms with Crippen molar-refractivity contribution in [3.8, 4) is 0 Å². The van der Waals surface area contributed by atoms with Crippen LogP contribution in [0.1, 0.15) is 77.3 Å². The summed E-state index contributed by atoms with van der Waals surface area (Å²) in [7, 11) is 0. The molecule has 8 atom stereocenters. The fourth-order valence-corrected chi connectivity index (χ4v) is 9.28. The number of benzene rings is 1. The lowest BCUT2D eigenvalue weighted by Gasteiger charge is -2.56. The van der Waals surface area contributed by atoms with E-state index in [1.165, 1.54) is 38.5 Å². The lowest BCUT2D eigenvalue weighted by atomic mass is 9.49. The van der Waals surface area contributed by atoms with Crippen LogP contribution in [-0.2, 0) is 11.3 Å². The average molecular weight is 449 g/mol. The Morgan fingerprint density at radius 2 is 1.82 bits per heavy atom. The van der Waals surface area contributed by atoms with Gasteiger partial charge in [0.1, 0.15) is 6.54 Å². The fourth-order valence-electron chi connectivity index (χ4n) is 9.28. The highest BCUT2D eigenvalue weighted by Gasteiger charge is 2.58. The zero-order chi connectivity index (χ0) is 23.0. The largest absolute Gasteiger partial charge is 0.390 e. The number of para-hydroxylation sites is 1. The van der Waals surface area contributed by atoms with Crippen LogP contribution < -0.4 is 0 Å². The van der Waals surface area contributed by atoms with Crippen molar-refractivity contribution in [2.75, 3.05) is 0 Å². The number of fused-ring (bicyclic) bond motifs is 6. The summed E-state index contributed by atoms with van der Waals surface area (Å²) >= 11 is 0. The van der Waals surface area contributed by atoms with Crippen molar-refractivity contribution in [2.45, 2.75) is 90.7 Å². The minimum Gasteiger partial charge on any atom is -0.390 e. The summed E-state index contributed by atoms with van der Waals surface area (Å²) in [4.78, 5) is 13.7. The molecule has 1 heterocycles. The number of aliphatic hydroxyl groups is 1. The maximum absolute atomic E-state index is 13.7. The number of carbonyl (C=O) groups is 1. The third-order valence-electron chi connectivity index (χ3n) is 10.8. The second-order valence-electron chi connectivity index (χ2n) is 12.6. The van der Waals surface area contributed by atoms with E-state index in [4.69, 9.17) is 5.10 Å². The molecule has 0 radical (unpaired) electrons. The van der Waals surface area contributed by atoms with E-state index in [-0.39, 0.29) is 11.3 Å². The normalized spacial score (nSPS) is 42.5. The Morgan fingerprint density at radius 3 is 2.67 bits per heavy atom. The van der Waals surface area contributed by atoms with Crippen LogP contribution in [0.5, 0.6) is 0 Å². The SMILES string of the molecule is Cc1nn(CC(=O)C2CCC3C4CCC5CC(C)(O)CCC5C4CCC23C)c2ccccc12. The first-order valence-electron chi connectivity index (χ1n) is 13.4. The first-order valence-corrected chi connectivity index (χ1v) is 13.4. The van der Waals surface area contributed by atoms with Gasteiger partial charge in [0.25, 0.3) is 0 Å². The van der Waals surface area contributed by atoms with Gasteiger partial charge in [-0.1, -0.05) is 25.1 Å². The molecule has 0 saturated heterocycles. The van der Waals surface area contributed by atoms with Gasteiger partial charge < -0.3 is 5.11 Å². The van der Waals surface area contributed by atoms with Crippen LogP contribution in [0.15, 0.2) is 24.3 Å². The summed E-state index contributed by atoms with van der Waals surface area (Å²) in [6, 6.07) is 8.28. The topological polar surface area (TPSA) is 55.1 Å². The second-order valence-corrected chi connectivity index (χ2v) is 12.6. The standard InChI is InChI=1S/C29H40N2O2/c1-18-20-6-4-5-7-26(20)31(30-18)17-27(32)25-11-10-24-23-9-8-19-16-28(2,33)14-12-21(19)22(23)13-15-29(24,25)3/h4-7,19,21-25,33H,8-17H2,1-3H3. The summed E-state index contributed by atoms with van der Waals surface area (Å²) in [5.74, 6) is 4.41. The minimum absolute atomic E-state index is 0.156. The summed E-state index contributed by atoms with van der Waals surface area (Å²) in [5, 5.41) is 16.5. The molecule has 0 spiro atoms. The zero-order valence-corrected chi connectivity index (χ0v) is 20.6. The minimum atomic E-state index is -0.447. The van der Waals surface area contributed by atoms with Crippen molar-refractivity contribution in [1.29, 1.82) is 0 Å². The lowest BCUT2D eigenvalue weighted by Crippen LogP contribution is -2.51. The monoisotopic (exact) mass is 448 g/mol. The molecule has 4 heteroatoms. The van der Waals surface area contributed by atoms with E-state index in [0.29, 0.717) is 18.2 Å². The molecule has 0 bridgehead atoms. The summed E-state index contributed by atoms with van der Waals surface area (Å²) in [6.07, 6.45) is 10.5. The van der Waals surface area contributed by atoms with Crippen LogP contribution in [0, 0.1) is 47.8 Å². The molecule has 6 rings (SSSR count). The molecule has 2 aromatic rings. The van der Waals surface area contributed by atoms with Crippen LogP contribution in [0.25, 0.3) is 10.9 Å². The number of hydrogen-bond donors (Lipinski definition) is 1. The number of carbonyl (C=O) groups excluding carboxylic acids is 1. The molecule has 4 aliphatic carbocycles. The van der Waals surface area contributed by atoms with Gasteiger partial charge in [0.2, 0.25) is 0 Å². The van der Waals surface area contributed by atoms with E-state index in [1.54, 1.807) is 0 Å². The van der Waals surface area contributed by atoms with Crippen molar-refractivity contribution in [2.24, 2.45) is 40.9 Å². The van der Waals surface area contributed by atoms with Gasteiger partial charge in [-0.15, -0.1) is 0 Å². The van der Waals surface area contributed by atoms with E-state index in [1.807, 2.05) is 30.7 Å². The number of ketones is 1. The smallest absolute Gasteiger partial charge is 0.157 e. The number of hydrogen-bond acceptors (Lipinski definition) is 3. The van der Waals surface area contributed by atoms with E-state index in [0.717, 1.165) is 59.5 Å². The van der Waals surface area contributed by atoms with Crippen molar-refractivity contribution >= 4 is 16.7 Å². The Morgan fingerprint density at radius 1 is 1.03 bits per heavy atom. The molecule has 0 amide bonds. The maximum atomic E-state index is 13.7. The highest BCUT2D eigenvalue weighted by molar-refractivity contribution is 5.86. The number of Topliss-reactive ketones (excluding diaryl/α,β-unsaturated/α-hetero) is 1. The number of aryl methyl sites for hydroxylation is 1. The Bertz CT molecular complexity index is 1070. The molecule has 1 N–H and O–H groups in total. The van der Waals surface area contributed by atoms with Crippen molar-refractivity contribution in [3.63, 3.8) is 0 Å². The molecule has 4 fully saturated rings. The van der Waals surface area contributed by atoms with Gasteiger partial charge in [0.15, 0.2) is 5.78 Å². The quantitative estimate of drug-likeness (QED) is 0.633. The predicted octanol–water partition coefficient (Wildman–Crippen LogP) is 5.93. The highest BCUT2D eigenvalue weighted by Crippen LogP contribution is 2.64. The van der Waals surface area contributed by atoms with Crippen LogP contribution in [0.4, 0.5) is 0 Å². The number of nitrogens with zero attached hydrogens (tertiary/aromatic N) is 2. The molecular formula is C29H40N2O2. The van der Waals surface area contributed by atoms with Crippen molar-refractivity contribution in [3.05, 3.63) is 30.0 Å². The Balaban J connectivity index is 1.21. The van der Waals surface area contributed by atoms with Gasteiger partial charge in [-0.25, -0.2) is 0 Å². The molecule has 178 valence electrons. The van der Waals surface area contributed by atoms with Crippen LogP contribution in [0.2, 0.25) is 0 Å². The van der Waals surface area contributed by atoms with Crippen LogP contribution >= 0.6 is 0 Å². The summed E-state index contributed by atoms with van der Waals surface area (Å²) < 4.78 is 1.95. The van der Waals surface area contributed by atoms with Gasteiger partial charge in [-0.3, -0.25) is 9.48 Å². The molecule has 0 aliphatic heterocycles. The van der Waals surface area contributed by atoms with Crippen molar-refractivity contribution < 1.29 is 9.90 Å². The molecule has 4 aliphatic rings. The van der Waals surface area contributed by atoms with E-state index in [9.17, 15) is 9.90 Å². The Labute approximate surface area is 198 Å². The second kappa shape index (κ2) is 7.66. The predicted molar refractivity (Wildman–Crippen MR) is 131 cm³/mol. The van der Waals surface area contributed by atoms with Crippen LogP contribution in [0.3, 0.4) is 0 Å². The first-order chi connectivity index (χ1) is 15.8. The summed E-state index contributed by atoms with van der Waals surface area (Å²) in [5.41, 5.74) is 1.80. The van der Waals surface area contributed by atoms with Gasteiger partial charge >= 0.3 is 0 Å². The van der Waals surface area contributed by atoms with E-state index in [2.05, 4.69) is 19.1 Å². The Hall–Kier alpha value is -1.68. The van der Waals surface area contributed by atoms with Gasteiger partial charge in [-0.2, -0.15) is 5.10 Å². The molecule has 4 nitrogen and oxygen atoms in total. The molecule has 1 aromatic carbocycles. The first kappa shape index (κ1) is 21.8. The van der Waals surface area contributed by atoms with Gasteiger partial charge in [0.05, 0.1) is 16.8 Å². The van der Waals surface area contributed by atoms with E-state index >= 15 is 0 Å². The van der Waals surface area contributed by atoms with Crippen molar-refractivity contribution in [1.82, 2.24) is 9.78 Å². The van der Waals surface area contributed by atoms with Crippen LogP contribution in [-0.4, -0.2) is 26.3 Å². The number of aromatic nitrogens is 2. The third kappa shape index (κ3) is 3.42. The summed E-state index contributed by atoms with van der Waals surface area (Å²) in [6.45, 7) is 6.95. The van der Waals surface area contributed by atoms with Gasteiger partial charge in [0, 0.05) is 11.3 Å². The zero-order valence-electron chi connectivity index (χ0n) is 20.6.